The molecule has 0 saturated carbocycles. The molecule has 2 saturated heterocycles. The average molecular weight is 226 g/mol. The number of hydrogen-bond acceptors (Lipinski definition) is 3. The second kappa shape index (κ2) is 6.58. The molecule has 3 heteroatoms. The molecule has 0 amide bonds. The maximum absolute atomic E-state index is 5.41. The highest BCUT2D eigenvalue weighted by molar-refractivity contribution is 4.85. The van der Waals surface area contributed by atoms with Gasteiger partial charge in [-0.2, -0.15) is 0 Å². The smallest absolute Gasteiger partial charge is 0.0593 e. The van der Waals surface area contributed by atoms with Crippen LogP contribution in [0.3, 0.4) is 0 Å². The van der Waals surface area contributed by atoms with Crippen molar-refractivity contribution in [1.82, 2.24) is 10.2 Å². The number of rotatable bonds is 5. The van der Waals surface area contributed by atoms with Crippen LogP contribution < -0.4 is 5.32 Å². The minimum atomic E-state index is 0.828. The zero-order chi connectivity index (χ0) is 11.2. The van der Waals surface area contributed by atoms with Crippen LogP contribution in [0.2, 0.25) is 0 Å². The van der Waals surface area contributed by atoms with Gasteiger partial charge in [-0.3, -0.25) is 0 Å². The van der Waals surface area contributed by atoms with Crippen molar-refractivity contribution in [1.29, 1.82) is 0 Å². The topological polar surface area (TPSA) is 24.5 Å². The van der Waals surface area contributed by atoms with Crippen molar-refractivity contribution >= 4 is 0 Å². The Hall–Kier alpha value is -0.120. The van der Waals surface area contributed by atoms with Crippen LogP contribution in [0, 0.1) is 5.92 Å². The van der Waals surface area contributed by atoms with Gasteiger partial charge in [-0.1, -0.05) is 0 Å². The highest BCUT2D eigenvalue weighted by atomic mass is 16.5. The molecule has 16 heavy (non-hydrogen) atoms. The maximum atomic E-state index is 5.41. The predicted molar refractivity (Wildman–Crippen MR) is 66.7 cm³/mol. The summed E-state index contributed by atoms with van der Waals surface area (Å²) in [6.07, 6.45) is 5.55. The first kappa shape index (κ1) is 12.3. The van der Waals surface area contributed by atoms with Gasteiger partial charge in [0.25, 0.3) is 0 Å². The second-order valence-electron chi connectivity index (χ2n) is 5.08. The molecule has 2 heterocycles. The number of likely N-dealkylation sites (tertiary alicyclic amines) is 1. The molecular formula is C13H26N2O. The van der Waals surface area contributed by atoms with Crippen LogP contribution in [0.5, 0.6) is 0 Å². The molecule has 94 valence electrons. The van der Waals surface area contributed by atoms with Crippen LogP contribution in [0.4, 0.5) is 0 Å². The summed E-state index contributed by atoms with van der Waals surface area (Å²) < 4.78 is 5.41. The predicted octanol–water partition coefficient (Wildman–Crippen LogP) is 1.49. The van der Waals surface area contributed by atoms with Crippen LogP contribution in [0.15, 0.2) is 0 Å². The van der Waals surface area contributed by atoms with Gasteiger partial charge in [-0.05, 0) is 58.2 Å². The lowest BCUT2D eigenvalue weighted by Gasteiger charge is -2.34. The van der Waals surface area contributed by atoms with Crippen molar-refractivity contribution in [2.24, 2.45) is 5.92 Å². The van der Waals surface area contributed by atoms with E-state index < -0.39 is 0 Å². The van der Waals surface area contributed by atoms with E-state index in [-0.39, 0.29) is 0 Å². The summed E-state index contributed by atoms with van der Waals surface area (Å²) in [5.41, 5.74) is 0. The minimum absolute atomic E-state index is 0.828. The molecule has 2 rings (SSSR count). The molecule has 1 unspecified atom stereocenters. The van der Waals surface area contributed by atoms with E-state index in [0.717, 1.165) is 31.7 Å². The standard InChI is InChI=1S/C13H26N2O/c1-2-16-11-10-15-8-5-12(6-9-15)13-4-3-7-14-13/h12-14H,2-11H2,1H3. The van der Waals surface area contributed by atoms with Crippen molar-refractivity contribution in [3.63, 3.8) is 0 Å². The summed E-state index contributed by atoms with van der Waals surface area (Å²) in [5, 5.41) is 3.65. The van der Waals surface area contributed by atoms with Crippen molar-refractivity contribution < 1.29 is 4.74 Å². The Morgan fingerprint density at radius 2 is 2.06 bits per heavy atom. The van der Waals surface area contributed by atoms with E-state index in [9.17, 15) is 0 Å². The highest BCUT2D eigenvalue weighted by Crippen LogP contribution is 2.25. The van der Waals surface area contributed by atoms with Gasteiger partial charge in [-0.25, -0.2) is 0 Å². The van der Waals surface area contributed by atoms with Crippen LogP contribution in [0.1, 0.15) is 32.6 Å². The number of hydrogen-bond donors (Lipinski definition) is 1. The van der Waals surface area contributed by atoms with Gasteiger partial charge in [0.15, 0.2) is 0 Å². The molecule has 0 aliphatic carbocycles. The summed E-state index contributed by atoms with van der Waals surface area (Å²) in [6.45, 7) is 8.74. The van der Waals surface area contributed by atoms with E-state index >= 15 is 0 Å². The second-order valence-corrected chi connectivity index (χ2v) is 5.08. The zero-order valence-electron chi connectivity index (χ0n) is 10.6. The van der Waals surface area contributed by atoms with E-state index in [1.165, 1.54) is 45.3 Å². The fourth-order valence-corrected chi connectivity index (χ4v) is 3.03. The molecule has 0 bridgehead atoms. The third-order valence-corrected chi connectivity index (χ3v) is 4.06. The van der Waals surface area contributed by atoms with E-state index in [2.05, 4.69) is 17.1 Å². The first-order valence-electron chi connectivity index (χ1n) is 6.93. The summed E-state index contributed by atoms with van der Waals surface area (Å²) >= 11 is 0. The quantitative estimate of drug-likeness (QED) is 0.719. The fraction of sp³-hybridized carbons (Fsp3) is 1.00. The van der Waals surface area contributed by atoms with Crippen LogP contribution in [-0.2, 0) is 4.74 Å². The Balaban J connectivity index is 1.62. The van der Waals surface area contributed by atoms with E-state index in [0.29, 0.717) is 0 Å². The van der Waals surface area contributed by atoms with Crippen molar-refractivity contribution in [2.45, 2.75) is 38.6 Å². The molecule has 2 aliphatic heterocycles. The first-order chi connectivity index (χ1) is 7.90. The average Bonchev–Trinajstić information content (AvgIpc) is 2.84. The Kier molecular flexibility index (Phi) is 5.07. The normalized spacial score (nSPS) is 28.7. The number of ether oxygens (including phenoxy) is 1. The lowest BCUT2D eigenvalue weighted by molar-refractivity contribution is 0.0911. The monoisotopic (exact) mass is 226 g/mol. The molecule has 0 aromatic carbocycles. The Labute approximate surface area is 99.5 Å². The lowest BCUT2D eigenvalue weighted by atomic mass is 9.88. The van der Waals surface area contributed by atoms with Crippen LogP contribution in [0.25, 0.3) is 0 Å². The SMILES string of the molecule is CCOCCN1CCC(C2CCCN2)CC1. The Morgan fingerprint density at radius 3 is 2.69 bits per heavy atom. The van der Waals surface area contributed by atoms with Crippen molar-refractivity contribution in [3.05, 3.63) is 0 Å². The van der Waals surface area contributed by atoms with Gasteiger partial charge >= 0.3 is 0 Å². The van der Waals surface area contributed by atoms with Gasteiger partial charge < -0.3 is 15.0 Å². The molecular weight excluding hydrogens is 200 g/mol. The van der Waals surface area contributed by atoms with Gasteiger partial charge in [0.05, 0.1) is 6.61 Å². The summed E-state index contributed by atoms with van der Waals surface area (Å²) in [7, 11) is 0. The third kappa shape index (κ3) is 3.44. The highest BCUT2D eigenvalue weighted by Gasteiger charge is 2.27. The fourth-order valence-electron chi connectivity index (χ4n) is 3.03. The summed E-state index contributed by atoms with van der Waals surface area (Å²) in [4.78, 5) is 2.56. The lowest BCUT2D eigenvalue weighted by Crippen LogP contribution is -2.41. The molecule has 0 aromatic rings. The maximum Gasteiger partial charge on any atom is 0.0593 e. The third-order valence-electron chi connectivity index (χ3n) is 4.06. The molecule has 3 nitrogen and oxygen atoms in total. The summed E-state index contributed by atoms with van der Waals surface area (Å²) in [6, 6.07) is 0.828. The Bertz CT molecular complexity index is 184. The largest absolute Gasteiger partial charge is 0.380 e. The summed E-state index contributed by atoms with van der Waals surface area (Å²) in [5.74, 6) is 0.936. The first-order valence-corrected chi connectivity index (χ1v) is 6.93. The molecule has 2 fully saturated rings. The van der Waals surface area contributed by atoms with Gasteiger partial charge in [-0.15, -0.1) is 0 Å². The number of nitrogens with zero attached hydrogens (tertiary/aromatic N) is 1. The number of piperidine rings is 1. The molecule has 0 aromatic heterocycles. The van der Waals surface area contributed by atoms with E-state index in [1.54, 1.807) is 0 Å². The molecule has 1 N–H and O–H groups in total. The van der Waals surface area contributed by atoms with Crippen molar-refractivity contribution in [2.75, 3.05) is 39.4 Å². The van der Waals surface area contributed by atoms with Gasteiger partial charge in [0.1, 0.15) is 0 Å². The molecule has 0 radical (unpaired) electrons. The van der Waals surface area contributed by atoms with Crippen LogP contribution >= 0.6 is 0 Å². The van der Waals surface area contributed by atoms with E-state index in [4.69, 9.17) is 4.74 Å². The van der Waals surface area contributed by atoms with Crippen LogP contribution in [-0.4, -0.2) is 50.3 Å². The van der Waals surface area contributed by atoms with Crippen molar-refractivity contribution in [3.8, 4) is 0 Å². The van der Waals surface area contributed by atoms with E-state index in [1.807, 2.05) is 0 Å². The Morgan fingerprint density at radius 1 is 1.25 bits per heavy atom. The molecule has 0 spiro atoms. The van der Waals surface area contributed by atoms with Gasteiger partial charge in [0.2, 0.25) is 0 Å². The number of nitrogens with one attached hydrogen (secondary N) is 1. The zero-order valence-corrected chi connectivity index (χ0v) is 10.6. The van der Waals surface area contributed by atoms with Gasteiger partial charge in [0, 0.05) is 19.2 Å². The minimum Gasteiger partial charge on any atom is -0.380 e. The molecule has 2 aliphatic rings. The molecule has 1 atom stereocenters.